The number of nitriles is 1. The van der Waals surface area contributed by atoms with Crippen molar-refractivity contribution in [1.29, 1.82) is 5.26 Å². The van der Waals surface area contributed by atoms with Crippen molar-refractivity contribution in [3.05, 3.63) is 34.3 Å². The van der Waals surface area contributed by atoms with Crippen LogP contribution in [-0.2, 0) is 20.2 Å². The largest absolute Gasteiger partial charge is 0.422 e. The molecule has 0 aliphatic carbocycles. The third kappa shape index (κ3) is 6.44. The average Bonchev–Trinajstić information content (AvgIpc) is 2.65. The van der Waals surface area contributed by atoms with E-state index in [2.05, 4.69) is 32.5 Å². The molecule has 0 radical (unpaired) electrons. The monoisotopic (exact) mass is 537 g/mol. The van der Waals surface area contributed by atoms with E-state index >= 15 is 0 Å². The van der Waals surface area contributed by atoms with Gasteiger partial charge in [0, 0.05) is 10.9 Å². The first-order chi connectivity index (χ1) is 14.6. The Hall–Kier alpha value is -2.15. The number of nitrogens with one attached hydrogen (secondary N) is 2. The molecule has 0 aromatic heterocycles. The molecule has 32 heavy (non-hydrogen) atoms. The van der Waals surface area contributed by atoms with Crippen LogP contribution in [0.2, 0.25) is 0 Å². The Labute approximate surface area is 191 Å². The van der Waals surface area contributed by atoms with Gasteiger partial charge in [-0.25, -0.2) is 12.8 Å². The molecule has 1 aromatic carbocycles. The predicted molar refractivity (Wildman–Crippen MR) is 113 cm³/mol. The smallest absolute Gasteiger partial charge is 0.338 e. The number of sulfone groups is 1. The average molecular weight is 538 g/mol. The van der Waals surface area contributed by atoms with Crippen molar-refractivity contribution in [2.24, 2.45) is 0 Å². The Kier molecular flexibility index (Phi) is 7.65. The van der Waals surface area contributed by atoms with Crippen molar-refractivity contribution >= 4 is 31.7 Å². The summed E-state index contributed by atoms with van der Waals surface area (Å²) in [5.74, 6) is 1.07. The number of nitrogens with zero attached hydrogens (tertiary/aromatic N) is 1. The third-order valence-electron chi connectivity index (χ3n) is 4.56. The van der Waals surface area contributed by atoms with Crippen LogP contribution in [0.25, 0.3) is 0 Å². The molecule has 1 aromatic rings. The molecule has 0 fully saturated rings. The number of alkyl halides is 4. The van der Waals surface area contributed by atoms with Crippen molar-refractivity contribution in [1.82, 2.24) is 10.6 Å². The van der Waals surface area contributed by atoms with E-state index in [9.17, 15) is 36.0 Å². The van der Waals surface area contributed by atoms with Crippen molar-refractivity contribution in [3.63, 3.8) is 0 Å². The molecule has 0 saturated carbocycles. The first-order valence-corrected chi connectivity index (χ1v) is 11.9. The highest BCUT2D eigenvalue weighted by molar-refractivity contribution is 9.10. The zero-order valence-corrected chi connectivity index (χ0v) is 19.5. The van der Waals surface area contributed by atoms with Gasteiger partial charge < -0.3 is 5.32 Å². The number of carbonyl (C=O) groups is 1. The van der Waals surface area contributed by atoms with Crippen LogP contribution in [0.3, 0.4) is 0 Å². The van der Waals surface area contributed by atoms with Gasteiger partial charge in [-0.2, -0.15) is 18.4 Å². The minimum atomic E-state index is -5.13. The van der Waals surface area contributed by atoms with E-state index < -0.39 is 68.7 Å². The summed E-state index contributed by atoms with van der Waals surface area (Å²) < 4.78 is 82.9. The van der Waals surface area contributed by atoms with Crippen LogP contribution >= 0.6 is 15.9 Å². The fourth-order valence-corrected chi connectivity index (χ4v) is 4.48. The van der Waals surface area contributed by atoms with Gasteiger partial charge in [0.25, 0.3) is 0 Å². The number of hydrogen-bond donors (Lipinski definition) is 2. The zero-order valence-electron chi connectivity index (χ0n) is 17.1. The number of rotatable bonds is 3. The second-order valence-corrected chi connectivity index (χ2v) is 10.9. The molecule has 3 atom stereocenters. The Bertz CT molecular complexity index is 1070. The minimum absolute atomic E-state index is 0.413. The zero-order chi connectivity index (χ0) is 24.4. The first kappa shape index (κ1) is 26.1. The van der Waals surface area contributed by atoms with Crippen LogP contribution < -0.4 is 10.6 Å². The lowest BCUT2D eigenvalue weighted by Gasteiger charge is -2.37. The standard InChI is InChI=1S/C20H20BrF4N3O3S/c1-18(2,22)10-16-17(29)27-15(11-26)12-32(30,31)9-3-8-19(28-16,20(23,24)25)13-4-6-14(21)7-5-13/h4-7,15-16,28H,9-10,12H2,1-2H3,(H,27,29)/t15-,16+,19+/m1/s1. The van der Waals surface area contributed by atoms with Gasteiger partial charge in [0.2, 0.25) is 11.4 Å². The summed E-state index contributed by atoms with van der Waals surface area (Å²) in [6.45, 7) is 2.17. The molecule has 2 rings (SSSR count). The van der Waals surface area contributed by atoms with Crippen LogP contribution in [0.1, 0.15) is 25.8 Å². The molecule has 6 nitrogen and oxygen atoms in total. The summed E-state index contributed by atoms with van der Waals surface area (Å²) in [6, 6.07) is 3.15. The van der Waals surface area contributed by atoms with Gasteiger partial charge >= 0.3 is 6.18 Å². The number of carbonyl (C=O) groups excluding carboxylic acids is 1. The van der Waals surface area contributed by atoms with E-state index in [1.54, 1.807) is 6.07 Å². The lowest BCUT2D eigenvalue weighted by molar-refractivity contribution is -0.185. The molecule has 1 aliphatic rings. The van der Waals surface area contributed by atoms with Crippen molar-refractivity contribution in [3.8, 4) is 17.9 Å². The maximum Gasteiger partial charge on any atom is 0.422 e. The summed E-state index contributed by atoms with van der Waals surface area (Å²) in [7, 11) is -4.11. The second-order valence-electron chi connectivity index (χ2n) is 7.92. The maximum atomic E-state index is 14.5. The van der Waals surface area contributed by atoms with Crippen LogP contribution in [0.15, 0.2) is 28.7 Å². The maximum absolute atomic E-state index is 14.5. The molecular weight excluding hydrogens is 518 g/mol. The van der Waals surface area contributed by atoms with Gasteiger partial charge in [0.05, 0.1) is 17.9 Å². The molecule has 0 unspecified atom stereocenters. The molecule has 2 N–H and O–H groups in total. The van der Waals surface area contributed by atoms with E-state index in [1.807, 2.05) is 5.92 Å². The number of hydrogen-bond acceptors (Lipinski definition) is 5. The van der Waals surface area contributed by atoms with Gasteiger partial charge in [-0.3, -0.25) is 10.1 Å². The normalized spacial score (nSPS) is 26.6. The highest BCUT2D eigenvalue weighted by Crippen LogP contribution is 2.40. The summed E-state index contributed by atoms with van der Waals surface area (Å²) in [5.41, 5.74) is -5.67. The Morgan fingerprint density at radius 3 is 2.34 bits per heavy atom. The molecule has 1 aliphatic heterocycles. The van der Waals surface area contributed by atoms with Crippen LogP contribution in [-0.4, -0.2) is 49.8 Å². The number of halogens is 5. The molecule has 12 heteroatoms. The molecule has 0 bridgehead atoms. The molecule has 0 saturated heterocycles. The fourth-order valence-electron chi connectivity index (χ4n) is 3.14. The SMILES string of the molecule is CC(C)(F)C[C@@H]1N[C@@](c2ccc(Br)cc2)(C(F)(F)F)C#CCS(=O)(=O)C[C@@H](C#N)NC1=O. The van der Waals surface area contributed by atoms with Crippen LogP contribution in [0.5, 0.6) is 0 Å². The van der Waals surface area contributed by atoms with E-state index in [0.717, 1.165) is 26.0 Å². The van der Waals surface area contributed by atoms with Crippen LogP contribution in [0.4, 0.5) is 17.6 Å². The lowest BCUT2D eigenvalue weighted by atomic mass is 9.87. The van der Waals surface area contributed by atoms with Gasteiger partial charge in [0.15, 0.2) is 9.84 Å². The van der Waals surface area contributed by atoms with Crippen molar-refractivity contribution < 1.29 is 30.8 Å². The number of benzene rings is 1. The quantitative estimate of drug-likeness (QED) is 0.456. The van der Waals surface area contributed by atoms with Crippen molar-refractivity contribution in [2.45, 2.75) is 49.7 Å². The van der Waals surface area contributed by atoms with Gasteiger partial charge in [-0.15, -0.1) is 0 Å². The summed E-state index contributed by atoms with van der Waals surface area (Å²) in [5, 5.41) is 13.5. The fraction of sp³-hybridized carbons (Fsp3) is 0.500. The van der Waals surface area contributed by atoms with E-state index in [0.29, 0.717) is 4.47 Å². The van der Waals surface area contributed by atoms with Gasteiger partial charge in [0.1, 0.15) is 17.5 Å². The Morgan fingerprint density at radius 2 is 1.84 bits per heavy atom. The predicted octanol–water partition coefficient (Wildman–Crippen LogP) is 2.74. The van der Waals surface area contributed by atoms with Crippen molar-refractivity contribution in [2.75, 3.05) is 11.5 Å². The molecule has 1 heterocycles. The Balaban J connectivity index is 2.77. The topological polar surface area (TPSA) is 99.1 Å². The summed E-state index contributed by atoms with van der Waals surface area (Å²) in [4.78, 5) is 12.8. The molecule has 174 valence electrons. The van der Waals surface area contributed by atoms with E-state index in [1.165, 1.54) is 12.1 Å². The lowest BCUT2D eigenvalue weighted by Crippen LogP contribution is -2.61. The van der Waals surface area contributed by atoms with Crippen LogP contribution in [0, 0.1) is 23.2 Å². The summed E-state index contributed by atoms with van der Waals surface area (Å²) >= 11 is 3.13. The Morgan fingerprint density at radius 1 is 1.25 bits per heavy atom. The number of amides is 1. The summed E-state index contributed by atoms with van der Waals surface area (Å²) in [6.07, 6.45) is -5.82. The van der Waals surface area contributed by atoms with E-state index in [4.69, 9.17) is 0 Å². The van der Waals surface area contributed by atoms with E-state index in [-0.39, 0.29) is 0 Å². The second kappa shape index (κ2) is 9.38. The highest BCUT2D eigenvalue weighted by atomic mass is 79.9. The molecule has 1 amide bonds. The van der Waals surface area contributed by atoms with Gasteiger partial charge in [-0.05, 0) is 31.5 Å². The molecular formula is C20H20BrF4N3O3S. The first-order valence-electron chi connectivity index (χ1n) is 9.28. The highest BCUT2D eigenvalue weighted by Gasteiger charge is 2.57. The third-order valence-corrected chi connectivity index (χ3v) is 6.51. The minimum Gasteiger partial charge on any atom is -0.338 e. The molecule has 0 spiro atoms. The van der Waals surface area contributed by atoms with Gasteiger partial charge in [-0.1, -0.05) is 39.9 Å².